The second-order valence-electron chi connectivity index (χ2n) is 13.4. The Balaban J connectivity index is 1.10. The topological polar surface area (TPSA) is 152 Å². The molecule has 0 saturated carbocycles. The van der Waals surface area contributed by atoms with Crippen molar-refractivity contribution in [2.24, 2.45) is 0 Å². The van der Waals surface area contributed by atoms with Crippen LogP contribution >= 0.6 is 23.2 Å². The molecule has 1 fully saturated rings. The van der Waals surface area contributed by atoms with Gasteiger partial charge in [0.2, 0.25) is 5.89 Å². The number of β-amino-alcohol motifs (C(OH)–C–C–N with tert-alkyl or cyclic N) is 1. The number of hydrogen-bond acceptors (Lipinski definition) is 10. The zero-order valence-electron chi connectivity index (χ0n) is 28.1. The normalized spacial score (nSPS) is 17.2. The van der Waals surface area contributed by atoms with Gasteiger partial charge in [0, 0.05) is 54.6 Å². The van der Waals surface area contributed by atoms with Gasteiger partial charge in [-0.3, -0.25) is 19.6 Å². The number of nitriles is 1. The van der Waals surface area contributed by atoms with E-state index in [4.69, 9.17) is 37.6 Å². The summed E-state index contributed by atoms with van der Waals surface area (Å²) in [6.07, 6.45) is 5.42. The number of carboxylic acid groups (broad SMARTS) is 1. The van der Waals surface area contributed by atoms with E-state index >= 15 is 0 Å². The van der Waals surface area contributed by atoms with Crippen LogP contribution in [-0.4, -0.2) is 73.7 Å². The summed E-state index contributed by atoms with van der Waals surface area (Å²) >= 11 is 14.2. The Morgan fingerprint density at radius 2 is 1.88 bits per heavy atom. The SMILES string of the molecule is CN(CC(=O)O)[C@H]1CCc2c1cc1nc(-c3cccc(-c4cccc(Nc5nccc6cc(CN7CC[C@@H](O)C7)cnc56)c4Cl)c3Cl)oc1c2C#N. The van der Waals surface area contributed by atoms with Crippen molar-refractivity contribution in [1.29, 1.82) is 5.26 Å². The summed E-state index contributed by atoms with van der Waals surface area (Å²) in [5.41, 5.74) is 7.30. The van der Waals surface area contributed by atoms with E-state index in [-0.39, 0.29) is 24.6 Å². The first kappa shape index (κ1) is 34.0. The lowest BCUT2D eigenvalue weighted by molar-refractivity contribution is -0.138. The smallest absolute Gasteiger partial charge is 0.317 e. The average Bonchev–Trinajstić information content (AvgIpc) is 3.86. The Hall–Kier alpha value is -5.09. The number of pyridine rings is 2. The first-order chi connectivity index (χ1) is 25.2. The van der Waals surface area contributed by atoms with Crippen LogP contribution in [0.3, 0.4) is 0 Å². The second kappa shape index (κ2) is 13.8. The molecule has 0 unspecified atom stereocenters. The molecule has 0 radical (unpaired) electrons. The number of hydrogen-bond donors (Lipinski definition) is 3. The van der Waals surface area contributed by atoms with E-state index in [0.717, 1.165) is 41.6 Å². The van der Waals surface area contributed by atoms with Gasteiger partial charge in [-0.2, -0.15) is 5.26 Å². The van der Waals surface area contributed by atoms with Gasteiger partial charge in [-0.1, -0.05) is 47.5 Å². The van der Waals surface area contributed by atoms with Gasteiger partial charge in [0.15, 0.2) is 11.4 Å². The Morgan fingerprint density at radius 1 is 1.10 bits per heavy atom. The van der Waals surface area contributed by atoms with Crippen LogP contribution in [-0.2, 0) is 17.8 Å². The number of carbonyl (C=O) groups is 1. The van der Waals surface area contributed by atoms with Crippen molar-refractivity contribution in [3.63, 3.8) is 0 Å². The number of fused-ring (bicyclic) bond motifs is 3. The highest BCUT2D eigenvalue weighted by Gasteiger charge is 2.32. The molecule has 11 nitrogen and oxygen atoms in total. The molecule has 8 rings (SSSR count). The number of oxazole rings is 1. The van der Waals surface area contributed by atoms with Crippen molar-refractivity contribution in [3.05, 3.63) is 99.3 Å². The van der Waals surface area contributed by atoms with Crippen molar-refractivity contribution in [2.75, 3.05) is 32.0 Å². The molecule has 1 aliphatic carbocycles. The fourth-order valence-corrected chi connectivity index (χ4v) is 8.09. The van der Waals surface area contributed by atoms with Gasteiger partial charge in [-0.25, -0.2) is 9.97 Å². The molecule has 2 atom stereocenters. The maximum absolute atomic E-state index is 11.4. The molecular weight excluding hydrogens is 701 g/mol. The zero-order chi connectivity index (χ0) is 36.1. The number of aliphatic hydroxyl groups excluding tert-OH is 1. The van der Waals surface area contributed by atoms with Crippen LogP contribution in [0.2, 0.25) is 10.0 Å². The van der Waals surface area contributed by atoms with E-state index in [9.17, 15) is 20.3 Å². The van der Waals surface area contributed by atoms with Crippen molar-refractivity contribution >= 4 is 62.7 Å². The Labute approximate surface area is 309 Å². The lowest BCUT2D eigenvalue weighted by Gasteiger charge is -2.23. The summed E-state index contributed by atoms with van der Waals surface area (Å²) in [7, 11) is 1.77. The molecule has 1 saturated heterocycles. The van der Waals surface area contributed by atoms with Gasteiger partial charge in [0.05, 0.1) is 33.9 Å². The Morgan fingerprint density at radius 3 is 2.65 bits per heavy atom. The van der Waals surface area contributed by atoms with E-state index in [0.29, 0.717) is 79.8 Å². The van der Waals surface area contributed by atoms with Crippen LogP contribution in [0.4, 0.5) is 11.5 Å². The molecule has 0 bridgehead atoms. The van der Waals surface area contributed by atoms with Gasteiger partial charge >= 0.3 is 5.97 Å². The van der Waals surface area contributed by atoms with E-state index < -0.39 is 5.97 Å². The first-order valence-corrected chi connectivity index (χ1v) is 17.7. The quantitative estimate of drug-likeness (QED) is 0.135. The van der Waals surface area contributed by atoms with Gasteiger partial charge in [-0.05, 0) is 73.3 Å². The van der Waals surface area contributed by atoms with Crippen LogP contribution in [0.25, 0.3) is 44.6 Å². The number of likely N-dealkylation sites (tertiary alicyclic amines) is 1. The van der Waals surface area contributed by atoms with Crippen molar-refractivity contribution in [1.82, 2.24) is 24.8 Å². The number of aromatic nitrogens is 3. The molecule has 4 heterocycles. The lowest BCUT2D eigenvalue weighted by atomic mass is 10.0. The van der Waals surface area contributed by atoms with E-state index in [1.807, 2.05) is 54.7 Å². The third-order valence-electron chi connectivity index (χ3n) is 9.96. The van der Waals surface area contributed by atoms with Crippen LogP contribution in [0.1, 0.15) is 41.1 Å². The molecule has 52 heavy (non-hydrogen) atoms. The zero-order valence-corrected chi connectivity index (χ0v) is 29.6. The van der Waals surface area contributed by atoms with Gasteiger partial charge < -0.3 is 19.9 Å². The van der Waals surface area contributed by atoms with E-state index in [2.05, 4.69) is 27.3 Å². The van der Waals surface area contributed by atoms with Gasteiger partial charge in [-0.15, -0.1) is 0 Å². The van der Waals surface area contributed by atoms with Gasteiger partial charge in [0.25, 0.3) is 0 Å². The monoisotopic (exact) mass is 733 g/mol. The highest BCUT2D eigenvalue weighted by atomic mass is 35.5. The molecular formula is C39H33Cl2N7O4. The minimum Gasteiger partial charge on any atom is -0.480 e. The number of halogens is 2. The maximum atomic E-state index is 11.4. The highest BCUT2D eigenvalue weighted by molar-refractivity contribution is 6.39. The lowest BCUT2D eigenvalue weighted by Crippen LogP contribution is -2.28. The summed E-state index contributed by atoms with van der Waals surface area (Å²) in [6.45, 7) is 2.13. The molecule has 1 aliphatic heterocycles. The number of nitrogens with one attached hydrogen (secondary N) is 1. The fourth-order valence-electron chi connectivity index (χ4n) is 7.51. The van der Waals surface area contributed by atoms with Crippen LogP contribution in [0, 0.1) is 11.3 Å². The molecule has 3 aromatic heterocycles. The molecule has 3 aromatic carbocycles. The summed E-state index contributed by atoms with van der Waals surface area (Å²) in [6, 6.07) is 19.2. The maximum Gasteiger partial charge on any atom is 0.317 e. The third kappa shape index (κ3) is 6.23. The second-order valence-corrected chi connectivity index (χ2v) is 14.1. The predicted molar refractivity (Wildman–Crippen MR) is 200 cm³/mol. The Bertz CT molecular complexity index is 2430. The van der Waals surface area contributed by atoms with Gasteiger partial charge in [0.1, 0.15) is 22.7 Å². The number of aliphatic hydroxyl groups is 1. The van der Waals surface area contributed by atoms with Crippen LogP contribution in [0.5, 0.6) is 0 Å². The minimum atomic E-state index is -0.912. The first-order valence-electron chi connectivity index (χ1n) is 17.0. The number of nitrogens with zero attached hydrogens (tertiary/aromatic N) is 6. The summed E-state index contributed by atoms with van der Waals surface area (Å²) in [5, 5.41) is 34.6. The summed E-state index contributed by atoms with van der Waals surface area (Å²) in [4.78, 5) is 29.5. The molecule has 0 spiro atoms. The van der Waals surface area contributed by atoms with E-state index in [1.54, 1.807) is 18.1 Å². The van der Waals surface area contributed by atoms with Crippen molar-refractivity contribution < 1.29 is 19.4 Å². The molecule has 2 aliphatic rings. The van der Waals surface area contributed by atoms with Crippen molar-refractivity contribution in [3.8, 4) is 28.7 Å². The van der Waals surface area contributed by atoms with Crippen LogP contribution < -0.4 is 5.32 Å². The summed E-state index contributed by atoms with van der Waals surface area (Å²) < 4.78 is 6.26. The molecule has 262 valence electrons. The highest BCUT2D eigenvalue weighted by Crippen LogP contribution is 2.44. The average molecular weight is 735 g/mol. The molecule has 6 aromatic rings. The largest absolute Gasteiger partial charge is 0.480 e. The molecule has 0 amide bonds. The number of benzene rings is 3. The molecule has 13 heteroatoms. The summed E-state index contributed by atoms with van der Waals surface area (Å²) in [5.74, 6) is -0.0960. The number of anilines is 2. The number of carboxylic acids is 1. The van der Waals surface area contributed by atoms with E-state index in [1.165, 1.54) is 0 Å². The van der Waals surface area contributed by atoms with Crippen molar-refractivity contribution in [2.45, 2.75) is 38.0 Å². The standard InChI is InChI=1S/C39H33Cl2N7O4/c1-47(20-33(50)51)32-9-8-24-28(32)15-31-37(29(24)16-42)52-39(46-31)27-6-2-4-25(34(27)40)26-5-3-7-30(35(26)41)45-38-36-22(10-12-43-38)14-21(17-44-36)18-48-13-11-23(49)19-48/h2-7,10,12,14-15,17,23,32,49H,8-9,11,13,18-20H2,1H3,(H,43,45)(H,50,51)/t23-,32+/m1/s1. The predicted octanol–water partition coefficient (Wildman–Crippen LogP) is 7.60. The third-order valence-corrected chi connectivity index (χ3v) is 10.8. The number of likely N-dealkylation sites (N-methyl/N-ethyl adjacent to an activating group) is 1. The Kier molecular flexibility index (Phi) is 9.03. The van der Waals surface area contributed by atoms with Crippen LogP contribution in [0.15, 0.2) is 71.4 Å². The molecule has 3 N–H and O–H groups in total. The minimum absolute atomic E-state index is 0.113. The number of aliphatic carboxylic acids is 1. The number of rotatable bonds is 9. The fraction of sp³-hybridized carbons (Fsp3) is 0.256.